The van der Waals surface area contributed by atoms with Crippen LogP contribution in [0.3, 0.4) is 0 Å². The predicted octanol–water partition coefficient (Wildman–Crippen LogP) is 1.57. The zero-order chi connectivity index (χ0) is 19.5. The number of hydrogen-bond donors (Lipinski definition) is 2. The number of rotatable bonds is 5. The molecule has 3 aliphatic rings. The van der Waals surface area contributed by atoms with E-state index in [1.165, 1.54) is 6.20 Å². The molecule has 1 aliphatic carbocycles. The fourth-order valence-electron chi connectivity index (χ4n) is 3.51. The molecule has 3 heterocycles. The van der Waals surface area contributed by atoms with Gasteiger partial charge in [-0.15, -0.1) is 0 Å². The lowest BCUT2D eigenvalue weighted by Gasteiger charge is -2.38. The molecule has 2 unspecified atom stereocenters. The summed E-state index contributed by atoms with van der Waals surface area (Å²) in [4.78, 5) is 35.4. The van der Waals surface area contributed by atoms with Crippen LogP contribution in [0.2, 0.25) is 0 Å². The molecule has 8 nitrogen and oxygen atoms in total. The molecule has 2 aliphatic heterocycles. The van der Waals surface area contributed by atoms with Crippen LogP contribution >= 0.6 is 0 Å². The van der Waals surface area contributed by atoms with E-state index in [9.17, 15) is 9.59 Å². The summed E-state index contributed by atoms with van der Waals surface area (Å²) in [5.41, 5.74) is 1.23. The van der Waals surface area contributed by atoms with Gasteiger partial charge < -0.3 is 15.4 Å². The molecular weight excluding hydrogens is 358 g/mol. The first-order valence-corrected chi connectivity index (χ1v) is 9.76. The van der Waals surface area contributed by atoms with Gasteiger partial charge in [0, 0.05) is 49.6 Å². The third kappa shape index (κ3) is 4.45. The molecule has 0 bridgehead atoms. The fourth-order valence-corrected chi connectivity index (χ4v) is 3.51. The van der Waals surface area contributed by atoms with E-state index in [2.05, 4.69) is 32.4 Å². The molecule has 4 rings (SSSR count). The zero-order valence-electron chi connectivity index (χ0n) is 15.9. The summed E-state index contributed by atoms with van der Waals surface area (Å²) >= 11 is 0. The molecule has 2 amide bonds. The summed E-state index contributed by atoms with van der Waals surface area (Å²) in [5.74, 6) is 0.217. The van der Waals surface area contributed by atoms with Crippen LogP contribution in [0, 0.1) is 5.92 Å². The molecule has 2 N–H and O–H groups in total. The van der Waals surface area contributed by atoms with Crippen molar-refractivity contribution in [2.75, 3.05) is 25.0 Å². The first-order valence-electron chi connectivity index (χ1n) is 9.76. The number of aromatic nitrogens is 1. The summed E-state index contributed by atoms with van der Waals surface area (Å²) in [6, 6.07) is 3.32. The van der Waals surface area contributed by atoms with Crippen LogP contribution in [0.25, 0.3) is 0 Å². The number of nitrogens with one attached hydrogen (secondary N) is 2. The average molecular weight is 383 g/mol. The highest BCUT2D eigenvalue weighted by molar-refractivity contribution is 5.98. The van der Waals surface area contributed by atoms with Gasteiger partial charge in [-0.3, -0.25) is 19.5 Å². The highest BCUT2D eigenvalue weighted by Gasteiger charge is 2.30. The molecule has 148 valence electrons. The summed E-state index contributed by atoms with van der Waals surface area (Å²) in [5, 5.41) is 5.78. The molecule has 1 aromatic heterocycles. The first kappa shape index (κ1) is 18.8. The Morgan fingerprint density at radius 2 is 2.14 bits per heavy atom. The molecule has 28 heavy (non-hydrogen) atoms. The lowest BCUT2D eigenvalue weighted by atomic mass is 10.1. The molecule has 0 aromatic carbocycles. The molecular formula is C20H25N5O3. The second-order valence-corrected chi connectivity index (χ2v) is 7.49. The summed E-state index contributed by atoms with van der Waals surface area (Å²) < 4.78 is 5.63. The van der Waals surface area contributed by atoms with Crippen molar-refractivity contribution in [2.24, 2.45) is 10.9 Å². The minimum absolute atomic E-state index is 0.0316. The second kappa shape index (κ2) is 8.20. The van der Waals surface area contributed by atoms with Crippen molar-refractivity contribution >= 4 is 23.8 Å². The Labute approximate surface area is 164 Å². The Morgan fingerprint density at radius 3 is 2.93 bits per heavy atom. The monoisotopic (exact) mass is 383 g/mol. The zero-order valence-corrected chi connectivity index (χ0v) is 15.9. The number of anilines is 1. The van der Waals surface area contributed by atoms with Crippen LogP contribution in [0.1, 0.15) is 36.5 Å². The van der Waals surface area contributed by atoms with Gasteiger partial charge in [-0.25, -0.2) is 4.98 Å². The average Bonchev–Trinajstić information content (AvgIpc) is 3.54. The number of hydrogen-bond acceptors (Lipinski definition) is 6. The molecule has 0 radical (unpaired) electrons. The van der Waals surface area contributed by atoms with Crippen LogP contribution in [0.5, 0.6) is 0 Å². The number of nitrogens with zero attached hydrogens (tertiary/aromatic N) is 3. The van der Waals surface area contributed by atoms with Crippen LogP contribution in [-0.2, 0) is 9.53 Å². The number of morpholine rings is 1. The Kier molecular flexibility index (Phi) is 5.50. The summed E-state index contributed by atoms with van der Waals surface area (Å²) in [6.45, 7) is 4.38. The largest absolute Gasteiger partial charge is 0.376 e. The van der Waals surface area contributed by atoms with Crippen molar-refractivity contribution < 1.29 is 14.3 Å². The number of amides is 2. The highest BCUT2D eigenvalue weighted by atomic mass is 16.5. The van der Waals surface area contributed by atoms with Gasteiger partial charge in [0.15, 0.2) is 0 Å². The van der Waals surface area contributed by atoms with Crippen LogP contribution in [-0.4, -0.2) is 59.8 Å². The maximum absolute atomic E-state index is 12.8. The molecule has 1 aromatic rings. The Bertz CT molecular complexity index is 818. The maximum atomic E-state index is 12.8. The van der Waals surface area contributed by atoms with E-state index in [-0.39, 0.29) is 29.9 Å². The number of ether oxygens (including phenoxy) is 1. The molecule has 0 spiro atoms. The van der Waals surface area contributed by atoms with Crippen LogP contribution in [0.15, 0.2) is 35.2 Å². The van der Waals surface area contributed by atoms with Crippen molar-refractivity contribution in [1.82, 2.24) is 15.2 Å². The number of carbonyl (C=O) groups is 2. The molecule has 1 saturated carbocycles. The summed E-state index contributed by atoms with van der Waals surface area (Å²) in [7, 11) is 0. The quantitative estimate of drug-likeness (QED) is 0.805. The Hall–Kier alpha value is -2.58. The fraction of sp³-hybridized carbons (Fsp3) is 0.500. The van der Waals surface area contributed by atoms with E-state index in [4.69, 9.17) is 4.74 Å². The van der Waals surface area contributed by atoms with E-state index in [0.29, 0.717) is 18.0 Å². The Balaban J connectivity index is 1.43. The van der Waals surface area contributed by atoms with Crippen molar-refractivity contribution in [2.45, 2.75) is 38.3 Å². The van der Waals surface area contributed by atoms with Gasteiger partial charge in [-0.2, -0.15) is 0 Å². The van der Waals surface area contributed by atoms with Gasteiger partial charge in [0.05, 0.1) is 24.4 Å². The van der Waals surface area contributed by atoms with Gasteiger partial charge in [0.25, 0.3) is 5.91 Å². The second-order valence-electron chi connectivity index (χ2n) is 7.49. The van der Waals surface area contributed by atoms with E-state index < -0.39 is 0 Å². The number of aliphatic imine (C=N–C) groups is 1. The van der Waals surface area contributed by atoms with Crippen molar-refractivity contribution in [3.8, 4) is 0 Å². The smallest absolute Gasteiger partial charge is 0.255 e. The first-order chi connectivity index (χ1) is 13.6. The number of carbonyl (C=O) groups excluding carboxylic acids is 2. The van der Waals surface area contributed by atoms with Crippen molar-refractivity contribution in [3.63, 3.8) is 0 Å². The maximum Gasteiger partial charge on any atom is 0.255 e. The minimum Gasteiger partial charge on any atom is -0.376 e. The van der Waals surface area contributed by atoms with Gasteiger partial charge in [-0.1, -0.05) is 0 Å². The molecule has 2 fully saturated rings. The molecule has 8 heteroatoms. The van der Waals surface area contributed by atoms with Crippen LogP contribution < -0.4 is 10.6 Å². The van der Waals surface area contributed by atoms with Crippen LogP contribution in [0.4, 0.5) is 5.82 Å². The van der Waals surface area contributed by atoms with Gasteiger partial charge in [-0.05, 0) is 31.9 Å². The summed E-state index contributed by atoms with van der Waals surface area (Å²) in [6.07, 6.45) is 7.87. The van der Waals surface area contributed by atoms with Gasteiger partial charge in [0.1, 0.15) is 5.82 Å². The van der Waals surface area contributed by atoms with Gasteiger partial charge >= 0.3 is 0 Å². The van der Waals surface area contributed by atoms with E-state index in [0.717, 1.165) is 38.0 Å². The standard InChI is InChI=1S/C20H25N5O3/c1-13-12-25(8-9-28-13)17-5-6-21-11-16(17)23-20(27)15-4-7-22-18(10-15)24-19(26)14-2-3-14/h4,6-7,10-11,13-14,17H,2-3,5,8-9,12H2,1H3,(H,23,27)(H,22,24,26). The lowest BCUT2D eigenvalue weighted by molar-refractivity contribution is -0.117. The lowest BCUT2D eigenvalue weighted by Crippen LogP contribution is -2.50. The van der Waals surface area contributed by atoms with Crippen molar-refractivity contribution in [3.05, 3.63) is 35.8 Å². The van der Waals surface area contributed by atoms with E-state index in [1.54, 1.807) is 18.3 Å². The van der Waals surface area contributed by atoms with E-state index in [1.807, 2.05) is 6.21 Å². The highest BCUT2D eigenvalue weighted by Crippen LogP contribution is 2.30. The Morgan fingerprint density at radius 1 is 1.29 bits per heavy atom. The topological polar surface area (TPSA) is 95.9 Å². The predicted molar refractivity (Wildman–Crippen MR) is 105 cm³/mol. The van der Waals surface area contributed by atoms with Crippen molar-refractivity contribution in [1.29, 1.82) is 0 Å². The molecule has 2 atom stereocenters. The van der Waals surface area contributed by atoms with Gasteiger partial charge in [0.2, 0.25) is 5.91 Å². The third-order valence-corrected chi connectivity index (χ3v) is 5.20. The normalized spacial score (nSPS) is 25.1. The third-order valence-electron chi connectivity index (χ3n) is 5.20. The minimum atomic E-state index is -0.237. The van der Waals surface area contributed by atoms with E-state index >= 15 is 0 Å². The SMILES string of the molecule is CC1CN(C2CC=NC=C2NC(=O)c2ccnc(NC(=O)C3CC3)c2)CCO1. The molecule has 1 saturated heterocycles. The number of pyridine rings is 1.